The van der Waals surface area contributed by atoms with E-state index in [1.807, 2.05) is 66.4 Å². The SMILES string of the molecule is CCCCCCCCCCCCCCOc1ccc(/C=C/C(=O)c2ccc(SCCC)cc2)cc1. The van der Waals surface area contributed by atoms with E-state index in [0.29, 0.717) is 0 Å². The summed E-state index contributed by atoms with van der Waals surface area (Å²) in [7, 11) is 0. The predicted octanol–water partition coefficient (Wildman–Crippen LogP) is 10.2. The van der Waals surface area contributed by atoms with E-state index in [9.17, 15) is 4.79 Å². The summed E-state index contributed by atoms with van der Waals surface area (Å²) in [5.41, 5.74) is 1.73. The van der Waals surface area contributed by atoms with Crippen LogP contribution in [0.15, 0.2) is 59.5 Å². The number of hydrogen-bond donors (Lipinski definition) is 0. The normalized spacial score (nSPS) is 11.3. The minimum atomic E-state index is 0.0318. The van der Waals surface area contributed by atoms with E-state index in [1.54, 1.807) is 6.08 Å². The summed E-state index contributed by atoms with van der Waals surface area (Å²) in [5.74, 6) is 2.03. The molecule has 0 saturated heterocycles. The Morgan fingerprint density at radius 2 is 1.29 bits per heavy atom. The van der Waals surface area contributed by atoms with Crippen LogP contribution in [-0.2, 0) is 0 Å². The molecule has 0 bridgehead atoms. The van der Waals surface area contributed by atoms with Crippen molar-refractivity contribution >= 4 is 23.6 Å². The summed E-state index contributed by atoms with van der Waals surface area (Å²) in [4.78, 5) is 13.7. The molecule has 0 spiro atoms. The summed E-state index contributed by atoms with van der Waals surface area (Å²) < 4.78 is 5.89. The van der Waals surface area contributed by atoms with Crippen LogP contribution in [0.5, 0.6) is 5.75 Å². The lowest BCUT2D eigenvalue weighted by Gasteiger charge is -2.07. The van der Waals surface area contributed by atoms with Gasteiger partial charge in [0.25, 0.3) is 0 Å². The number of carbonyl (C=O) groups is 1. The van der Waals surface area contributed by atoms with Gasteiger partial charge in [0.1, 0.15) is 5.75 Å². The fourth-order valence-electron chi connectivity index (χ4n) is 4.01. The zero-order chi connectivity index (χ0) is 25.0. The zero-order valence-electron chi connectivity index (χ0n) is 22.1. The Morgan fingerprint density at radius 3 is 1.86 bits per heavy atom. The molecule has 0 unspecified atom stereocenters. The molecule has 3 heteroatoms. The lowest BCUT2D eigenvalue weighted by Crippen LogP contribution is -1.97. The number of carbonyl (C=O) groups excluding carboxylic acids is 1. The van der Waals surface area contributed by atoms with Crippen molar-refractivity contribution in [1.29, 1.82) is 0 Å². The molecule has 2 aromatic rings. The first-order valence-electron chi connectivity index (χ1n) is 13.9. The fourth-order valence-corrected chi connectivity index (χ4v) is 4.78. The minimum absolute atomic E-state index is 0.0318. The summed E-state index contributed by atoms with van der Waals surface area (Å²) in [6.07, 6.45) is 20.9. The number of unbranched alkanes of at least 4 members (excludes halogenated alkanes) is 11. The first kappa shape index (κ1) is 29.2. The molecule has 0 aliphatic heterocycles. The number of hydrogen-bond acceptors (Lipinski definition) is 3. The molecular weight excluding hydrogens is 448 g/mol. The van der Waals surface area contributed by atoms with Gasteiger partial charge in [-0.05, 0) is 66.6 Å². The van der Waals surface area contributed by atoms with Crippen molar-refractivity contribution in [2.75, 3.05) is 12.4 Å². The van der Waals surface area contributed by atoms with Crippen LogP contribution in [0.2, 0.25) is 0 Å². The Bertz CT molecular complexity index is 824. The molecule has 0 heterocycles. The van der Waals surface area contributed by atoms with Crippen LogP contribution < -0.4 is 4.74 Å². The van der Waals surface area contributed by atoms with Crippen molar-refractivity contribution in [3.63, 3.8) is 0 Å². The molecular formula is C32H46O2S. The number of rotatable bonds is 20. The second-order valence-corrected chi connectivity index (χ2v) is 10.5. The van der Waals surface area contributed by atoms with Gasteiger partial charge >= 0.3 is 0 Å². The Morgan fingerprint density at radius 1 is 0.714 bits per heavy atom. The third-order valence-corrected chi connectivity index (χ3v) is 7.40. The lowest BCUT2D eigenvalue weighted by molar-refractivity contribution is 0.104. The van der Waals surface area contributed by atoms with E-state index in [1.165, 1.54) is 75.5 Å². The number of benzene rings is 2. The number of ether oxygens (including phenoxy) is 1. The molecule has 0 saturated carbocycles. The van der Waals surface area contributed by atoms with E-state index in [-0.39, 0.29) is 5.78 Å². The Labute approximate surface area is 218 Å². The summed E-state index contributed by atoms with van der Waals surface area (Å²) in [6.45, 7) is 5.23. The largest absolute Gasteiger partial charge is 0.494 e. The van der Waals surface area contributed by atoms with Crippen LogP contribution in [0.25, 0.3) is 6.08 Å². The summed E-state index contributed by atoms with van der Waals surface area (Å²) in [5, 5.41) is 0. The Balaban J connectivity index is 1.55. The van der Waals surface area contributed by atoms with Gasteiger partial charge in [-0.15, -0.1) is 11.8 Å². The van der Waals surface area contributed by atoms with Gasteiger partial charge in [0, 0.05) is 10.5 Å². The van der Waals surface area contributed by atoms with Gasteiger partial charge in [-0.25, -0.2) is 0 Å². The maximum Gasteiger partial charge on any atom is 0.185 e. The molecule has 0 N–H and O–H groups in total. The van der Waals surface area contributed by atoms with Gasteiger partial charge in [-0.1, -0.05) is 103 Å². The topological polar surface area (TPSA) is 26.3 Å². The molecule has 0 radical (unpaired) electrons. The summed E-state index contributed by atoms with van der Waals surface area (Å²) >= 11 is 1.83. The fraction of sp³-hybridized carbons (Fsp3) is 0.531. The second kappa shape index (κ2) is 19.2. The minimum Gasteiger partial charge on any atom is -0.494 e. The highest BCUT2D eigenvalue weighted by molar-refractivity contribution is 7.99. The Kier molecular flexibility index (Phi) is 16.1. The van der Waals surface area contributed by atoms with Gasteiger partial charge in [0.2, 0.25) is 0 Å². The van der Waals surface area contributed by atoms with Gasteiger partial charge in [0.15, 0.2) is 5.78 Å². The van der Waals surface area contributed by atoms with Gasteiger partial charge in [-0.2, -0.15) is 0 Å². The van der Waals surface area contributed by atoms with Crippen molar-refractivity contribution in [2.24, 2.45) is 0 Å². The molecule has 192 valence electrons. The van der Waals surface area contributed by atoms with Crippen molar-refractivity contribution in [3.05, 3.63) is 65.7 Å². The van der Waals surface area contributed by atoms with Crippen molar-refractivity contribution in [3.8, 4) is 5.75 Å². The number of thioether (sulfide) groups is 1. The van der Waals surface area contributed by atoms with E-state index < -0.39 is 0 Å². The first-order chi connectivity index (χ1) is 17.2. The molecule has 0 atom stereocenters. The van der Waals surface area contributed by atoms with Crippen LogP contribution in [0.1, 0.15) is 113 Å². The third kappa shape index (κ3) is 13.6. The highest BCUT2D eigenvalue weighted by atomic mass is 32.2. The van der Waals surface area contributed by atoms with Crippen molar-refractivity contribution < 1.29 is 9.53 Å². The van der Waals surface area contributed by atoms with E-state index >= 15 is 0 Å². The molecule has 0 fully saturated rings. The van der Waals surface area contributed by atoms with E-state index in [2.05, 4.69) is 13.8 Å². The highest BCUT2D eigenvalue weighted by Gasteiger charge is 2.02. The van der Waals surface area contributed by atoms with E-state index in [0.717, 1.165) is 42.1 Å². The van der Waals surface area contributed by atoms with Crippen molar-refractivity contribution in [1.82, 2.24) is 0 Å². The third-order valence-electron chi connectivity index (χ3n) is 6.19. The second-order valence-electron chi connectivity index (χ2n) is 9.38. The molecule has 0 aromatic heterocycles. The number of allylic oxidation sites excluding steroid dienone is 1. The molecule has 2 aromatic carbocycles. The average molecular weight is 495 g/mol. The quantitative estimate of drug-likeness (QED) is 0.0792. The standard InChI is InChI=1S/C32H46O2S/c1-3-5-6-7-8-9-10-11-12-13-14-15-26-34-30-21-16-28(17-22-30)18-25-32(33)29-19-23-31(24-20-29)35-27-4-2/h16-25H,3-15,26-27H2,1-2H3/b25-18+. The van der Waals surface area contributed by atoms with Gasteiger partial charge in [0.05, 0.1) is 6.61 Å². The first-order valence-corrected chi connectivity index (χ1v) is 14.9. The van der Waals surface area contributed by atoms with Crippen LogP contribution in [0, 0.1) is 0 Å². The average Bonchev–Trinajstić information content (AvgIpc) is 2.89. The predicted molar refractivity (Wildman–Crippen MR) is 154 cm³/mol. The van der Waals surface area contributed by atoms with Crippen LogP contribution in [-0.4, -0.2) is 18.1 Å². The lowest BCUT2D eigenvalue weighted by atomic mass is 10.1. The van der Waals surface area contributed by atoms with Crippen LogP contribution >= 0.6 is 11.8 Å². The highest BCUT2D eigenvalue weighted by Crippen LogP contribution is 2.20. The Hall–Kier alpha value is -2.00. The maximum absolute atomic E-state index is 12.4. The molecule has 0 amide bonds. The van der Waals surface area contributed by atoms with Crippen LogP contribution in [0.3, 0.4) is 0 Å². The molecule has 35 heavy (non-hydrogen) atoms. The molecule has 2 rings (SSSR count). The zero-order valence-corrected chi connectivity index (χ0v) is 22.9. The molecule has 0 aliphatic rings. The molecule has 2 nitrogen and oxygen atoms in total. The summed E-state index contributed by atoms with van der Waals surface area (Å²) in [6, 6.07) is 15.9. The van der Waals surface area contributed by atoms with Crippen molar-refractivity contribution in [2.45, 2.75) is 102 Å². The molecule has 0 aliphatic carbocycles. The maximum atomic E-state index is 12.4. The van der Waals surface area contributed by atoms with E-state index in [4.69, 9.17) is 4.74 Å². The van der Waals surface area contributed by atoms with Gasteiger partial charge in [-0.3, -0.25) is 4.79 Å². The van der Waals surface area contributed by atoms with Crippen LogP contribution in [0.4, 0.5) is 0 Å². The van der Waals surface area contributed by atoms with Gasteiger partial charge < -0.3 is 4.74 Å². The number of ketones is 1. The monoisotopic (exact) mass is 494 g/mol. The smallest absolute Gasteiger partial charge is 0.185 e.